The highest BCUT2D eigenvalue weighted by atomic mass is 16.5. The van der Waals surface area contributed by atoms with Crippen LogP contribution >= 0.6 is 0 Å². The smallest absolute Gasteiger partial charge is 0.274 e. The lowest BCUT2D eigenvalue weighted by molar-refractivity contribution is -0.115. The second-order valence-corrected chi connectivity index (χ2v) is 8.09. The Labute approximate surface area is 186 Å². The number of carbonyl (C=O) groups excluding carboxylic acids is 2. The first kappa shape index (κ1) is 21.3. The van der Waals surface area contributed by atoms with Gasteiger partial charge >= 0.3 is 0 Å². The molecule has 6 heteroatoms. The summed E-state index contributed by atoms with van der Waals surface area (Å²) in [7, 11) is 0. The van der Waals surface area contributed by atoms with Crippen LogP contribution in [0.25, 0.3) is 22.0 Å². The van der Waals surface area contributed by atoms with E-state index in [0.29, 0.717) is 17.2 Å². The fourth-order valence-corrected chi connectivity index (χ4v) is 3.71. The number of aromatic amines is 1. The number of carbonyl (C=O) groups is 2. The normalized spacial score (nSPS) is 11.0. The number of benzene rings is 3. The van der Waals surface area contributed by atoms with Crippen molar-refractivity contribution in [2.45, 2.75) is 26.2 Å². The number of anilines is 1. The summed E-state index contributed by atoms with van der Waals surface area (Å²) < 4.78 is 0. The molecule has 0 atom stereocenters. The second-order valence-electron chi connectivity index (χ2n) is 8.09. The summed E-state index contributed by atoms with van der Waals surface area (Å²) in [5.74, 6) is -0.266. The minimum absolute atomic E-state index is 0.156. The number of hydrogen-bond acceptors (Lipinski definition) is 3. The first-order chi connectivity index (χ1) is 15.4. The molecule has 0 saturated heterocycles. The van der Waals surface area contributed by atoms with Crippen molar-refractivity contribution in [1.29, 1.82) is 0 Å². The first-order valence-electron chi connectivity index (χ1n) is 10.5. The third-order valence-corrected chi connectivity index (χ3v) is 5.56. The number of amides is 2. The van der Waals surface area contributed by atoms with Gasteiger partial charge in [-0.15, -0.1) is 0 Å². The molecular formula is C26H25N3O3. The molecule has 4 aromatic rings. The largest absolute Gasteiger partial charge is 0.361 e. The van der Waals surface area contributed by atoms with Gasteiger partial charge in [0.15, 0.2) is 0 Å². The Bertz CT molecular complexity index is 1260. The van der Waals surface area contributed by atoms with E-state index in [-0.39, 0.29) is 12.3 Å². The number of fused-ring (bicyclic) bond motifs is 1. The van der Waals surface area contributed by atoms with Gasteiger partial charge in [-0.2, -0.15) is 0 Å². The highest BCUT2D eigenvalue weighted by Gasteiger charge is 2.11. The van der Waals surface area contributed by atoms with Crippen LogP contribution in [0.1, 0.15) is 41.3 Å². The lowest BCUT2D eigenvalue weighted by atomic mass is 9.97. The number of aromatic nitrogens is 1. The van der Waals surface area contributed by atoms with Gasteiger partial charge in [-0.1, -0.05) is 44.2 Å². The fourth-order valence-electron chi connectivity index (χ4n) is 3.71. The van der Waals surface area contributed by atoms with E-state index in [1.54, 1.807) is 17.6 Å². The van der Waals surface area contributed by atoms with Gasteiger partial charge in [-0.3, -0.25) is 14.8 Å². The minimum Gasteiger partial charge on any atom is -0.361 e. The van der Waals surface area contributed by atoms with Crippen LogP contribution in [0.4, 0.5) is 5.69 Å². The van der Waals surface area contributed by atoms with Crippen LogP contribution in [0.3, 0.4) is 0 Å². The quantitative estimate of drug-likeness (QED) is 0.250. The predicted octanol–water partition coefficient (Wildman–Crippen LogP) is 5.26. The number of nitrogens with one attached hydrogen (secondary N) is 3. The summed E-state index contributed by atoms with van der Waals surface area (Å²) in [5, 5.41) is 12.5. The summed E-state index contributed by atoms with van der Waals surface area (Å²) >= 11 is 0. The maximum absolute atomic E-state index is 12.6. The molecule has 4 N–H and O–H groups in total. The van der Waals surface area contributed by atoms with Gasteiger partial charge in [-0.05, 0) is 64.6 Å². The third kappa shape index (κ3) is 4.55. The van der Waals surface area contributed by atoms with Crippen molar-refractivity contribution in [2.75, 3.05) is 5.32 Å². The highest BCUT2D eigenvalue weighted by molar-refractivity contribution is 5.98. The molecule has 0 radical (unpaired) electrons. The van der Waals surface area contributed by atoms with Gasteiger partial charge in [0.25, 0.3) is 5.91 Å². The Morgan fingerprint density at radius 3 is 2.28 bits per heavy atom. The van der Waals surface area contributed by atoms with Gasteiger partial charge in [0.05, 0.1) is 6.42 Å². The lowest BCUT2D eigenvalue weighted by Crippen LogP contribution is -2.18. The van der Waals surface area contributed by atoms with Gasteiger partial charge < -0.3 is 10.3 Å². The molecule has 0 aliphatic carbocycles. The molecule has 0 aliphatic heterocycles. The number of H-pyrrole nitrogens is 1. The summed E-state index contributed by atoms with van der Waals surface area (Å²) in [6.45, 7) is 4.36. The van der Waals surface area contributed by atoms with Crippen molar-refractivity contribution in [2.24, 2.45) is 0 Å². The minimum atomic E-state index is -0.601. The SMILES string of the molecule is CC(C)c1ccc(-c2ccc3[nH]cc(CC(=O)Nc4ccc(C(=O)NO)cc4)c3c2)cc1. The maximum atomic E-state index is 12.6. The van der Waals surface area contributed by atoms with Crippen molar-refractivity contribution in [1.82, 2.24) is 10.5 Å². The monoisotopic (exact) mass is 427 g/mol. The molecule has 1 aromatic heterocycles. The molecule has 0 fully saturated rings. The Morgan fingerprint density at radius 1 is 0.938 bits per heavy atom. The van der Waals surface area contributed by atoms with Gasteiger partial charge in [0.1, 0.15) is 0 Å². The van der Waals surface area contributed by atoms with Crippen molar-refractivity contribution in [3.8, 4) is 11.1 Å². The van der Waals surface area contributed by atoms with Gasteiger partial charge in [0.2, 0.25) is 5.91 Å². The van der Waals surface area contributed by atoms with Crippen LogP contribution in [0.2, 0.25) is 0 Å². The van der Waals surface area contributed by atoms with Gasteiger partial charge in [0, 0.05) is 28.4 Å². The van der Waals surface area contributed by atoms with E-state index < -0.39 is 5.91 Å². The van der Waals surface area contributed by atoms with Crippen molar-refractivity contribution < 1.29 is 14.8 Å². The molecule has 3 aromatic carbocycles. The Balaban J connectivity index is 1.51. The molecular weight excluding hydrogens is 402 g/mol. The zero-order valence-electron chi connectivity index (χ0n) is 18.0. The summed E-state index contributed by atoms with van der Waals surface area (Å²) in [6.07, 6.45) is 2.08. The molecule has 4 rings (SSSR count). The van der Waals surface area contributed by atoms with Crippen LogP contribution < -0.4 is 10.8 Å². The summed E-state index contributed by atoms with van der Waals surface area (Å²) in [6, 6.07) is 21.1. The Morgan fingerprint density at radius 2 is 1.62 bits per heavy atom. The van der Waals surface area contributed by atoms with E-state index in [4.69, 9.17) is 5.21 Å². The first-order valence-corrected chi connectivity index (χ1v) is 10.5. The van der Waals surface area contributed by atoms with Crippen molar-refractivity contribution in [3.05, 3.63) is 89.6 Å². The molecule has 162 valence electrons. The molecule has 1 heterocycles. The van der Waals surface area contributed by atoms with Crippen molar-refractivity contribution in [3.63, 3.8) is 0 Å². The Kier molecular flexibility index (Phi) is 6.05. The molecule has 32 heavy (non-hydrogen) atoms. The molecule has 0 aliphatic rings. The van der Waals surface area contributed by atoms with Gasteiger partial charge in [-0.25, -0.2) is 5.48 Å². The second kappa shape index (κ2) is 9.08. The van der Waals surface area contributed by atoms with Crippen LogP contribution in [-0.4, -0.2) is 22.0 Å². The van der Waals surface area contributed by atoms with Crippen LogP contribution in [0, 0.1) is 0 Å². The van der Waals surface area contributed by atoms with E-state index >= 15 is 0 Å². The highest BCUT2D eigenvalue weighted by Crippen LogP contribution is 2.28. The lowest BCUT2D eigenvalue weighted by Gasteiger charge is -2.08. The summed E-state index contributed by atoms with van der Waals surface area (Å²) in [5.41, 5.74) is 7.90. The molecule has 0 spiro atoms. The average molecular weight is 428 g/mol. The number of hydrogen-bond donors (Lipinski definition) is 4. The standard InChI is InChI=1S/C26H25N3O3/c1-16(2)17-3-5-18(6-4-17)20-9-12-24-23(13-20)21(15-27-24)14-25(30)28-22-10-7-19(8-11-22)26(31)29-32/h3-13,15-16,27,32H,14H2,1-2H3,(H,28,30)(H,29,31). The van der Waals surface area contributed by atoms with Crippen molar-refractivity contribution >= 4 is 28.4 Å². The topological polar surface area (TPSA) is 94.2 Å². The number of rotatable bonds is 6. The molecule has 2 amide bonds. The molecule has 0 bridgehead atoms. The Hall–Kier alpha value is -3.90. The summed E-state index contributed by atoms with van der Waals surface area (Å²) in [4.78, 5) is 27.3. The van der Waals surface area contributed by atoms with Crippen LogP contribution in [0.5, 0.6) is 0 Å². The van der Waals surface area contributed by atoms with E-state index in [2.05, 4.69) is 60.5 Å². The zero-order valence-corrected chi connectivity index (χ0v) is 18.0. The van der Waals surface area contributed by atoms with E-state index in [1.807, 2.05) is 12.3 Å². The number of hydroxylamine groups is 1. The maximum Gasteiger partial charge on any atom is 0.274 e. The average Bonchev–Trinajstić information content (AvgIpc) is 3.20. The van der Waals surface area contributed by atoms with Crippen LogP contribution in [0.15, 0.2) is 72.9 Å². The van der Waals surface area contributed by atoms with E-state index in [0.717, 1.165) is 27.6 Å². The predicted molar refractivity (Wildman–Crippen MR) is 126 cm³/mol. The molecule has 6 nitrogen and oxygen atoms in total. The van der Waals surface area contributed by atoms with Crippen LogP contribution in [-0.2, 0) is 11.2 Å². The zero-order chi connectivity index (χ0) is 22.7. The molecule has 0 saturated carbocycles. The third-order valence-electron chi connectivity index (χ3n) is 5.56. The van der Waals surface area contributed by atoms with E-state index in [9.17, 15) is 9.59 Å². The fraction of sp³-hybridized carbons (Fsp3) is 0.154. The molecule has 0 unspecified atom stereocenters. The van der Waals surface area contributed by atoms with E-state index in [1.165, 1.54) is 17.7 Å².